The maximum atomic E-state index is 13.3. The molecule has 0 spiro atoms. The highest BCUT2D eigenvalue weighted by Crippen LogP contribution is 2.19. The fraction of sp³-hybridized carbons (Fsp3) is 0.440. The molecule has 0 unspecified atom stereocenters. The summed E-state index contributed by atoms with van der Waals surface area (Å²) in [7, 11) is 1.62. The normalized spacial score (nSPS) is 12.7. The van der Waals surface area contributed by atoms with E-state index in [2.05, 4.69) is 5.32 Å². The monoisotopic (exact) mass is 410 g/mol. The van der Waals surface area contributed by atoms with Crippen LogP contribution in [0.5, 0.6) is 5.75 Å². The topological polar surface area (TPSA) is 58.6 Å². The van der Waals surface area contributed by atoms with Crippen LogP contribution in [0.1, 0.15) is 51.2 Å². The van der Waals surface area contributed by atoms with E-state index >= 15 is 0 Å². The highest BCUT2D eigenvalue weighted by molar-refractivity contribution is 5.87. The molecular weight excluding hydrogens is 376 g/mol. The molecule has 0 aliphatic heterocycles. The van der Waals surface area contributed by atoms with Crippen LogP contribution in [0.3, 0.4) is 0 Å². The van der Waals surface area contributed by atoms with E-state index in [0.29, 0.717) is 25.8 Å². The fourth-order valence-electron chi connectivity index (χ4n) is 3.37. The summed E-state index contributed by atoms with van der Waals surface area (Å²) in [5, 5.41) is 3.04. The molecule has 162 valence electrons. The van der Waals surface area contributed by atoms with Crippen molar-refractivity contribution in [2.75, 3.05) is 7.11 Å². The highest BCUT2D eigenvalue weighted by atomic mass is 16.5. The van der Waals surface area contributed by atoms with Gasteiger partial charge in [0.1, 0.15) is 11.8 Å². The van der Waals surface area contributed by atoms with Gasteiger partial charge in [0.25, 0.3) is 0 Å². The van der Waals surface area contributed by atoms with Gasteiger partial charge in [0, 0.05) is 19.0 Å². The van der Waals surface area contributed by atoms with Crippen molar-refractivity contribution in [3.63, 3.8) is 0 Å². The van der Waals surface area contributed by atoms with E-state index in [1.807, 2.05) is 75.4 Å². The van der Waals surface area contributed by atoms with Gasteiger partial charge in [-0.1, -0.05) is 56.3 Å². The zero-order valence-electron chi connectivity index (χ0n) is 18.6. The quantitative estimate of drug-likeness (QED) is 0.599. The van der Waals surface area contributed by atoms with Crippen molar-refractivity contribution in [3.8, 4) is 5.75 Å². The highest BCUT2D eigenvalue weighted by Gasteiger charge is 2.29. The van der Waals surface area contributed by atoms with E-state index < -0.39 is 6.04 Å². The van der Waals surface area contributed by atoms with Crippen LogP contribution in [0.2, 0.25) is 0 Å². The number of amides is 2. The van der Waals surface area contributed by atoms with Gasteiger partial charge < -0.3 is 15.0 Å². The van der Waals surface area contributed by atoms with Crippen LogP contribution in [0, 0.1) is 0 Å². The summed E-state index contributed by atoms with van der Waals surface area (Å²) in [5.74, 6) is 0.622. The molecule has 2 aromatic carbocycles. The first-order valence-corrected chi connectivity index (χ1v) is 10.7. The predicted molar refractivity (Wildman–Crippen MR) is 120 cm³/mol. The van der Waals surface area contributed by atoms with Gasteiger partial charge in [-0.05, 0) is 49.4 Å². The van der Waals surface area contributed by atoms with Gasteiger partial charge in [-0.15, -0.1) is 0 Å². The molecule has 0 aliphatic carbocycles. The third-order valence-corrected chi connectivity index (χ3v) is 5.34. The first-order valence-electron chi connectivity index (χ1n) is 10.7. The Balaban J connectivity index is 2.22. The molecule has 5 heteroatoms. The minimum atomic E-state index is -0.506. The Morgan fingerprint density at radius 2 is 1.70 bits per heavy atom. The lowest BCUT2D eigenvalue weighted by Crippen LogP contribution is -2.50. The van der Waals surface area contributed by atoms with Crippen molar-refractivity contribution in [1.29, 1.82) is 0 Å². The second-order valence-corrected chi connectivity index (χ2v) is 7.60. The second-order valence-electron chi connectivity index (χ2n) is 7.60. The second kappa shape index (κ2) is 12.0. The number of carbonyl (C=O) groups excluding carboxylic acids is 2. The average molecular weight is 411 g/mol. The lowest BCUT2D eigenvalue weighted by Gasteiger charge is -2.31. The maximum Gasteiger partial charge on any atom is 0.243 e. The number of benzene rings is 2. The number of carbonyl (C=O) groups is 2. The average Bonchev–Trinajstić information content (AvgIpc) is 2.78. The third-order valence-electron chi connectivity index (χ3n) is 5.34. The Morgan fingerprint density at radius 1 is 1.00 bits per heavy atom. The summed E-state index contributed by atoms with van der Waals surface area (Å²) in [4.78, 5) is 27.9. The molecule has 0 heterocycles. The number of nitrogens with zero attached hydrogens (tertiary/aromatic N) is 1. The van der Waals surface area contributed by atoms with Crippen LogP contribution < -0.4 is 10.1 Å². The number of hydrogen-bond donors (Lipinski definition) is 1. The SMILES string of the molecule is CC[C@H](C)NC(=O)[C@H](CC)N(Cc1cccc(OC)c1)C(=O)CCc1ccccc1. The molecule has 0 saturated heterocycles. The number of aryl methyl sites for hydroxylation is 1. The maximum absolute atomic E-state index is 13.3. The molecule has 2 rings (SSSR count). The summed E-state index contributed by atoms with van der Waals surface area (Å²) >= 11 is 0. The van der Waals surface area contributed by atoms with Gasteiger partial charge in [0.15, 0.2) is 0 Å². The van der Waals surface area contributed by atoms with E-state index in [0.717, 1.165) is 23.3 Å². The van der Waals surface area contributed by atoms with Crippen LogP contribution >= 0.6 is 0 Å². The molecule has 0 saturated carbocycles. The lowest BCUT2D eigenvalue weighted by atomic mass is 10.1. The molecule has 5 nitrogen and oxygen atoms in total. The minimum absolute atomic E-state index is 0.0205. The van der Waals surface area contributed by atoms with Crippen LogP contribution in [0.4, 0.5) is 0 Å². The summed E-state index contributed by atoms with van der Waals surface area (Å²) < 4.78 is 5.32. The Hall–Kier alpha value is -2.82. The van der Waals surface area contributed by atoms with E-state index in [4.69, 9.17) is 4.74 Å². The van der Waals surface area contributed by atoms with Gasteiger partial charge in [-0.3, -0.25) is 9.59 Å². The fourth-order valence-corrected chi connectivity index (χ4v) is 3.37. The van der Waals surface area contributed by atoms with Gasteiger partial charge in [0.2, 0.25) is 11.8 Å². The number of nitrogens with one attached hydrogen (secondary N) is 1. The van der Waals surface area contributed by atoms with Crippen molar-refractivity contribution < 1.29 is 14.3 Å². The Labute approximate surface area is 180 Å². The van der Waals surface area contributed by atoms with Crippen LogP contribution in [0.15, 0.2) is 54.6 Å². The summed E-state index contributed by atoms with van der Waals surface area (Å²) in [6.07, 6.45) is 2.42. The van der Waals surface area contributed by atoms with Gasteiger partial charge in [-0.25, -0.2) is 0 Å². The molecule has 0 aliphatic rings. The Bertz CT molecular complexity index is 807. The van der Waals surface area contributed by atoms with E-state index in [9.17, 15) is 9.59 Å². The smallest absolute Gasteiger partial charge is 0.243 e. The van der Waals surface area contributed by atoms with Gasteiger partial charge in [0.05, 0.1) is 7.11 Å². The van der Waals surface area contributed by atoms with Crippen LogP contribution in [-0.4, -0.2) is 35.9 Å². The zero-order chi connectivity index (χ0) is 21.9. The summed E-state index contributed by atoms with van der Waals surface area (Å²) in [6, 6.07) is 17.2. The minimum Gasteiger partial charge on any atom is -0.497 e. The number of rotatable bonds is 11. The molecule has 0 radical (unpaired) electrons. The van der Waals surface area contributed by atoms with Crippen molar-refractivity contribution in [3.05, 3.63) is 65.7 Å². The predicted octanol–water partition coefficient (Wildman–Crippen LogP) is 4.35. The summed E-state index contributed by atoms with van der Waals surface area (Å²) in [6.45, 7) is 6.33. The molecule has 2 amide bonds. The van der Waals surface area contributed by atoms with E-state index in [1.54, 1.807) is 12.0 Å². The first kappa shape index (κ1) is 23.5. The standard InChI is InChI=1S/C25H34N2O3/c1-5-19(3)26-25(29)23(6-2)27(18-21-13-10-14-22(17-21)30-4)24(28)16-15-20-11-8-7-9-12-20/h7-14,17,19,23H,5-6,15-16,18H2,1-4H3,(H,26,29)/t19-,23-/m0/s1. The van der Waals surface area contributed by atoms with Crippen molar-refractivity contribution in [1.82, 2.24) is 10.2 Å². The zero-order valence-corrected chi connectivity index (χ0v) is 18.6. The number of hydrogen-bond acceptors (Lipinski definition) is 3. The molecule has 0 aromatic heterocycles. The van der Waals surface area contributed by atoms with Crippen molar-refractivity contribution >= 4 is 11.8 Å². The van der Waals surface area contributed by atoms with Crippen molar-refractivity contribution in [2.24, 2.45) is 0 Å². The number of methoxy groups -OCH3 is 1. The summed E-state index contributed by atoms with van der Waals surface area (Å²) in [5.41, 5.74) is 2.06. The molecule has 1 N–H and O–H groups in total. The Morgan fingerprint density at radius 3 is 2.33 bits per heavy atom. The molecule has 30 heavy (non-hydrogen) atoms. The number of ether oxygens (including phenoxy) is 1. The molecule has 0 fully saturated rings. The third kappa shape index (κ3) is 6.90. The first-order chi connectivity index (χ1) is 14.5. The van der Waals surface area contributed by atoms with E-state index in [-0.39, 0.29) is 17.9 Å². The lowest BCUT2D eigenvalue weighted by molar-refractivity contribution is -0.141. The van der Waals surface area contributed by atoms with Gasteiger partial charge in [-0.2, -0.15) is 0 Å². The van der Waals surface area contributed by atoms with E-state index in [1.165, 1.54) is 0 Å². The van der Waals surface area contributed by atoms with Crippen molar-refractivity contribution in [2.45, 2.75) is 65.1 Å². The van der Waals surface area contributed by atoms with Crippen LogP contribution in [0.25, 0.3) is 0 Å². The van der Waals surface area contributed by atoms with Crippen LogP contribution in [-0.2, 0) is 22.6 Å². The Kier molecular flexibility index (Phi) is 9.39. The molecule has 2 aromatic rings. The van der Waals surface area contributed by atoms with Gasteiger partial charge >= 0.3 is 0 Å². The molecule has 0 bridgehead atoms. The largest absolute Gasteiger partial charge is 0.497 e. The molecule has 2 atom stereocenters. The molecular formula is C25H34N2O3.